The van der Waals surface area contributed by atoms with Gasteiger partial charge >= 0.3 is 5.97 Å². The lowest BCUT2D eigenvalue weighted by molar-refractivity contribution is -0.151. The van der Waals surface area contributed by atoms with Crippen molar-refractivity contribution in [2.45, 2.75) is 328 Å². The van der Waals surface area contributed by atoms with Crippen LogP contribution in [0.3, 0.4) is 0 Å². The fourth-order valence-electron chi connectivity index (χ4n) is 8.84. The largest absolute Gasteiger partial charge is 0.462 e. The summed E-state index contributed by atoms with van der Waals surface area (Å²) in [5, 5.41) is 23.8. The summed E-state index contributed by atoms with van der Waals surface area (Å²) in [7, 11) is 0. The van der Waals surface area contributed by atoms with E-state index in [9.17, 15) is 19.8 Å². The Balaban J connectivity index is 4.51. The summed E-state index contributed by atoms with van der Waals surface area (Å²) in [4.78, 5) is 26.2. The lowest BCUT2D eigenvalue weighted by Gasteiger charge is -2.24. The second-order valence-electron chi connectivity index (χ2n) is 19.3. The van der Waals surface area contributed by atoms with Gasteiger partial charge in [-0.05, 0) is 51.4 Å². The van der Waals surface area contributed by atoms with Gasteiger partial charge in [0, 0.05) is 6.42 Å². The van der Waals surface area contributed by atoms with Gasteiger partial charge in [-0.15, -0.1) is 0 Å². The van der Waals surface area contributed by atoms with Gasteiger partial charge in [0.1, 0.15) is 6.10 Å². The molecule has 0 saturated heterocycles. The Bertz CT molecular complexity index is 939. The van der Waals surface area contributed by atoms with Gasteiger partial charge < -0.3 is 20.3 Å². The van der Waals surface area contributed by atoms with E-state index in [1.807, 2.05) is 0 Å². The van der Waals surface area contributed by atoms with Gasteiger partial charge in [0.2, 0.25) is 5.91 Å². The Kier molecular flexibility index (Phi) is 49.5. The van der Waals surface area contributed by atoms with Crippen LogP contribution in [0.4, 0.5) is 0 Å². The number of unbranched alkanes of at least 4 members (excludes halogenated alkanes) is 37. The van der Waals surface area contributed by atoms with Crippen molar-refractivity contribution in [1.82, 2.24) is 5.32 Å². The summed E-state index contributed by atoms with van der Waals surface area (Å²) in [5.74, 6) is -0.458. The molecule has 0 bridgehead atoms. The highest BCUT2D eigenvalue weighted by Crippen LogP contribution is 2.19. The fraction of sp³-hybridized carbons (Fsp3) is 0.929. The van der Waals surface area contributed by atoms with Crippen molar-refractivity contribution >= 4 is 11.9 Å². The molecule has 62 heavy (non-hydrogen) atoms. The zero-order chi connectivity index (χ0) is 45.2. The molecular weight excluding hydrogens is 767 g/mol. The summed E-state index contributed by atoms with van der Waals surface area (Å²) in [6.07, 6.45) is 57.0. The highest BCUT2D eigenvalue weighted by Gasteiger charge is 2.24. The van der Waals surface area contributed by atoms with Crippen LogP contribution in [0.5, 0.6) is 0 Å². The van der Waals surface area contributed by atoms with Gasteiger partial charge in [-0.3, -0.25) is 9.59 Å². The van der Waals surface area contributed by atoms with Crippen LogP contribution in [-0.4, -0.2) is 46.9 Å². The van der Waals surface area contributed by atoms with Crippen LogP contribution in [0.1, 0.15) is 310 Å². The predicted octanol–water partition coefficient (Wildman–Crippen LogP) is 16.9. The van der Waals surface area contributed by atoms with Crippen molar-refractivity contribution in [2.24, 2.45) is 0 Å². The number of carbonyl (C=O) groups excluding carboxylic acids is 2. The van der Waals surface area contributed by atoms with Gasteiger partial charge in [0.25, 0.3) is 0 Å². The zero-order valence-corrected chi connectivity index (χ0v) is 42.0. The number of carbonyl (C=O) groups is 2. The molecule has 0 aromatic rings. The normalized spacial score (nSPS) is 13.2. The van der Waals surface area contributed by atoms with Crippen LogP contribution >= 0.6 is 0 Å². The number of amides is 1. The molecule has 0 rings (SSSR count). The Morgan fingerprint density at radius 3 is 1.15 bits per heavy atom. The van der Waals surface area contributed by atoms with E-state index in [-0.39, 0.29) is 24.9 Å². The second-order valence-corrected chi connectivity index (χ2v) is 19.3. The maximum Gasteiger partial charge on any atom is 0.306 e. The Labute approximate surface area is 387 Å². The predicted molar refractivity (Wildman–Crippen MR) is 269 cm³/mol. The standard InChI is InChI=1S/C56H109NO5/c1-4-7-10-13-16-19-22-24-26-27-29-31-34-37-40-43-46-49-56(61)62-52(47-44-41-38-35-33-30-28-25-23-20-17-14-11-8-5-2)50-55(60)57-53(51-58)54(59)48-45-42-39-36-32-21-18-15-12-9-6-3/h24,26,52-54,58-59H,4-23,25,27-51H2,1-3H3,(H,57,60)/b26-24+. The molecule has 368 valence electrons. The zero-order valence-electron chi connectivity index (χ0n) is 42.0. The van der Waals surface area contributed by atoms with Crippen molar-refractivity contribution in [3.8, 4) is 0 Å². The number of allylic oxidation sites excluding steroid dienone is 2. The molecule has 0 heterocycles. The number of aliphatic hydroxyl groups excluding tert-OH is 2. The molecule has 0 aliphatic heterocycles. The number of aliphatic hydroxyl groups is 2. The molecule has 3 unspecified atom stereocenters. The van der Waals surface area contributed by atoms with Crippen LogP contribution in [0.25, 0.3) is 0 Å². The van der Waals surface area contributed by atoms with E-state index in [1.165, 1.54) is 218 Å². The maximum absolute atomic E-state index is 13.2. The molecule has 0 aliphatic rings. The minimum absolute atomic E-state index is 0.0836. The summed E-state index contributed by atoms with van der Waals surface area (Å²) in [6.45, 7) is 6.51. The van der Waals surface area contributed by atoms with Crippen LogP contribution in [0.2, 0.25) is 0 Å². The number of rotatable bonds is 51. The molecule has 3 N–H and O–H groups in total. The molecule has 0 saturated carbocycles. The van der Waals surface area contributed by atoms with Crippen LogP contribution < -0.4 is 5.32 Å². The SMILES string of the molecule is CCCCCCCC/C=C/CCCCCCCCCC(=O)OC(CCCCCCCCCCCCCCCCC)CC(=O)NC(CO)C(O)CCCCCCCCCCCCC. The van der Waals surface area contributed by atoms with Crippen LogP contribution in [0.15, 0.2) is 12.2 Å². The molecule has 0 aromatic heterocycles. The van der Waals surface area contributed by atoms with E-state index < -0.39 is 18.2 Å². The number of ether oxygens (including phenoxy) is 1. The third kappa shape index (κ3) is 45.2. The van der Waals surface area contributed by atoms with Gasteiger partial charge in [-0.1, -0.05) is 258 Å². The van der Waals surface area contributed by atoms with Crippen LogP contribution in [0, 0.1) is 0 Å². The first-order valence-electron chi connectivity index (χ1n) is 27.9. The van der Waals surface area contributed by atoms with Crippen molar-refractivity contribution < 1.29 is 24.5 Å². The first kappa shape index (κ1) is 60.6. The van der Waals surface area contributed by atoms with E-state index in [4.69, 9.17) is 4.74 Å². The van der Waals surface area contributed by atoms with Crippen molar-refractivity contribution in [2.75, 3.05) is 6.61 Å². The topological polar surface area (TPSA) is 95.9 Å². The number of nitrogens with one attached hydrogen (secondary N) is 1. The molecule has 0 fully saturated rings. The third-order valence-electron chi connectivity index (χ3n) is 13.1. The number of esters is 1. The molecule has 0 spiro atoms. The second kappa shape index (κ2) is 50.6. The summed E-state index contributed by atoms with van der Waals surface area (Å²) < 4.78 is 5.96. The monoisotopic (exact) mass is 876 g/mol. The molecule has 3 atom stereocenters. The molecular formula is C56H109NO5. The first-order chi connectivity index (χ1) is 30.5. The molecule has 6 heteroatoms. The van der Waals surface area contributed by atoms with E-state index in [0.29, 0.717) is 19.3 Å². The highest BCUT2D eigenvalue weighted by atomic mass is 16.5. The fourth-order valence-corrected chi connectivity index (χ4v) is 8.84. The lowest BCUT2D eigenvalue weighted by Crippen LogP contribution is -2.46. The number of hydrogen-bond donors (Lipinski definition) is 3. The van der Waals surface area contributed by atoms with Gasteiger partial charge in [0.15, 0.2) is 0 Å². The summed E-state index contributed by atoms with van der Waals surface area (Å²) in [6, 6.07) is -0.695. The average molecular weight is 876 g/mol. The Morgan fingerprint density at radius 2 is 0.774 bits per heavy atom. The lowest BCUT2D eigenvalue weighted by atomic mass is 10.0. The van der Waals surface area contributed by atoms with Gasteiger partial charge in [-0.25, -0.2) is 0 Å². The molecule has 6 nitrogen and oxygen atoms in total. The highest BCUT2D eigenvalue weighted by molar-refractivity contribution is 5.77. The minimum Gasteiger partial charge on any atom is -0.462 e. The Morgan fingerprint density at radius 1 is 0.452 bits per heavy atom. The van der Waals surface area contributed by atoms with Crippen molar-refractivity contribution in [3.05, 3.63) is 12.2 Å². The number of hydrogen-bond acceptors (Lipinski definition) is 5. The average Bonchev–Trinajstić information content (AvgIpc) is 3.26. The van der Waals surface area contributed by atoms with Gasteiger partial charge in [0.05, 0.1) is 25.2 Å². The van der Waals surface area contributed by atoms with E-state index in [1.54, 1.807) is 0 Å². The molecule has 0 aliphatic carbocycles. The van der Waals surface area contributed by atoms with Crippen molar-refractivity contribution in [1.29, 1.82) is 0 Å². The van der Waals surface area contributed by atoms with Crippen molar-refractivity contribution in [3.63, 3.8) is 0 Å². The first-order valence-corrected chi connectivity index (χ1v) is 27.9. The molecule has 0 radical (unpaired) electrons. The minimum atomic E-state index is -0.782. The summed E-state index contributed by atoms with van der Waals surface area (Å²) in [5.41, 5.74) is 0. The third-order valence-corrected chi connectivity index (χ3v) is 13.1. The van der Waals surface area contributed by atoms with E-state index in [2.05, 4.69) is 38.2 Å². The van der Waals surface area contributed by atoms with E-state index >= 15 is 0 Å². The van der Waals surface area contributed by atoms with E-state index in [0.717, 1.165) is 44.9 Å². The quantitative estimate of drug-likeness (QED) is 0.0321. The smallest absolute Gasteiger partial charge is 0.306 e. The molecule has 0 aromatic carbocycles. The summed E-state index contributed by atoms with van der Waals surface area (Å²) >= 11 is 0. The van der Waals surface area contributed by atoms with Crippen LogP contribution in [-0.2, 0) is 14.3 Å². The van der Waals surface area contributed by atoms with Gasteiger partial charge in [-0.2, -0.15) is 0 Å². The maximum atomic E-state index is 13.2. The molecule has 1 amide bonds. The Hall–Kier alpha value is -1.40.